The first-order valence-electron chi connectivity index (χ1n) is 3.58. The van der Waals surface area contributed by atoms with Crippen LogP contribution in [0.3, 0.4) is 0 Å². The molecule has 0 atom stereocenters. The molecule has 1 N–H and O–H groups in total. The van der Waals surface area contributed by atoms with E-state index in [1.165, 1.54) is 0 Å². The Balaban J connectivity index is 2.03. The van der Waals surface area contributed by atoms with E-state index in [1.807, 2.05) is 6.92 Å². The van der Waals surface area contributed by atoms with Crippen molar-refractivity contribution in [2.45, 2.75) is 19.8 Å². The quantitative estimate of drug-likeness (QED) is 0.598. The van der Waals surface area contributed by atoms with E-state index in [2.05, 4.69) is 5.32 Å². The van der Waals surface area contributed by atoms with Crippen LogP contribution in [0.4, 0.5) is 0 Å². The Morgan fingerprint density at radius 3 is 2.78 bits per heavy atom. The molecule has 0 heterocycles. The Morgan fingerprint density at radius 2 is 2.33 bits per heavy atom. The second kappa shape index (κ2) is 2.97. The van der Waals surface area contributed by atoms with Gasteiger partial charge in [0.05, 0.1) is 6.54 Å². The third-order valence-electron chi connectivity index (χ3n) is 1.58. The van der Waals surface area contributed by atoms with Crippen LogP contribution in [0.2, 0.25) is 0 Å². The predicted molar refractivity (Wildman–Crippen MR) is 36.3 cm³/mol. The van der Waals surface area contributed by atoms with Crippen molar-refractivity contribution in [2.75, 3.05) is 13.1 Å². The highest BCUT2D eigenvalue weighted by Crippen LogP contribution is 2.29. The summed E-state index contributed by atoms with van der Waals surface area (Å²) >= 11 is 0. The van der Waals surface area contributed by atoms with Gasteiger partial charge >= 0.3 is 0 Å². The molecule has 0 saturated heterocycles. The number of hydrogen-bond acceptors (Lipinski definition) is 2. The highest BCUT2D eigenvalue weighted by Gasteiger charge is 2.28. The number of nitrogens with one attached hydrogen (secondary N) is 1. The lowest BCUT2D eigenvalue weighted by molar-refractivity contribution is -0.119. The molecule has 1 saturated carbocycles. The van der Waals surface area contributed by atoms with Crippen LogP contribution >= 0.6 is 0 Å². The van der Waals surface area contributed by atoms with Crippen molar-refractivity contribution in [1.29, 1.82) is 0 Å². The van der Waals surface area contributed by atoms with Gasteiger partial charge in [-0.05, 0) is 19.4 Å². The summed E-state index contributed by atoms with van der Waals surface area (Å²) < 4.78 is 0. The molecular weight excluding hydrogens is 114 g/mol. The first-order valence-corrected chi connectivity index (χ1v) is 3.58. The van der Waals surface area contributed by atoms with Gasteiger partial charge in [-0.25, -0.2) is 0 Å². The molecule has 0 amide bonds. The van der Waals surface area contributed by atoms with Gasteiger partial charge < -0.3 is 5.32 Å². The summed E-state index contributed by atoms with van der Waals surface area (Å²) in [6.45, 7) is 3.50. The van der Waals surface area contributed by atoms with Crippen LogP contribution in [0.15, 0.2) is 0 Å². The molecule has 1 rings (SSSR count). The zero-order chi connectivity index (χ0) is 6.69. The summed E-state index contributed by atoms with van der Waals surface area (Å²) in [5.41, 5.74) is 0. The number of hydrogen-bond donors (Lipinski definition) is 1. The fourth-order valence-corrected chi connectivity index (χ4v) is 0.798. The van der Waals surface area contributed by atoms with E-state index in [9.17, 15) is 4.79 Å². The molecule has 0 radical (unpaired) electrons. The normalized spacial score (nSPS) is 17.9. The minimum atomic E-state index is 0.400. The van der Waals surface area contributed by atoms with Crippen molar-refractivity contribution in [3.63, 3.8) is 0 Å². The van der Waals surface area contributed by atoms with Gasteiger partial charge in [0.25, 0.3) is 0 Å². The largest absolute Gasteiger partial charge is 0.310 e. The van der Waals surface area contributed by atoms with Crippen molar-refractivity contribution < 1.29 is 4.79 Å². The number of ketones is 1. The predicted octanol–water partition coefficient (Wildman–Crippen LogP) is 0.575. The van der Waals surface area contributed by atoms with Gasteiger partial charge in [0, 0.05) is 5.92 Å². The van der Waals surface area contributed by atoms with E-state index >= 15 is 0 Å². The van der Waals surface area contributed by atoms with Crippen LogP contribution in [-0.2, 0) is 4.79 Å². The second-order valence-corrected chi connectivity index (χ2v) is 2.52. The molecule has 2 nitrogen and oxygen atoms in total. The fourth-order valence-electron chi connectivity index (χ4n) is 0.798. The smallest absolute Gasteiger partial charge is 0.149 e. The Kier molecular flexibility index (Phi) is 2.22. The maximum atomic E-state index is 10.9. The Morgan fingerprint density at radius 1 is 1.67 bits per heavy atom. The highest BCUT2D eigenvalue weighted by atomic mass is 16.1. The molecule has 0 aliphatic heterocycles. The number of carbonyl (C=O) groups excluding carboxylic acids is 1. The lowest BCUT2D eigenvalue weighted by atomic mass is 10.3. The Bertz CT molecular complexity index is 107. The summed E-state index contributed by atoms with van der Waals surface area (Å²) in [7, 11) is 0. The average molecular weight is 127 g/mol. The number of carbonyl (C=O) groups is 1. The summed E-state index contributed by atoms with van der Waals surface area (Å²) in [6, 6.07) is 0. The van der Waals surface area contributed by atoms with Crippen LogP contribution in [0.25, 0.3) is 0 Å². The van der Waals surface area contributed by atoms with Gasteiger partial charge in [-0.3, -0.25) is 4.79 Å². The summed E-state index contributed by atoms with van der Waals surface area (Å²) in [6.07, 6.45) is 2.26. The van der Waals surface area contributed by atoms with Gasteiger partial charge in [0.2, 0.25) is 0 Å². The monoisotopic (exact) mass is 127 g/mol. The van der Waals surface area contributed by atoms with E-state index in [-0.39, 0.29) is 0 Å². The first kappa shape index (κ1) is 6.75. The molecule has 1 aliphatic rings. The first-order chi connectivity index (χ1) is 4.34. The summed E-state index contributed by atoms with van der Waals surface area (Å²) in [5.74, 6) is 0.820. The third-order valence-corrected chi connectivity index (χ3v) is 1.58. The van der Waals surface area contributed by atoms with Crippen LogP contribution in [-0.4, -0.2) is 18.9 Å². The highest BCUT2D eigenvalue weighted by molar-refractivity contribution is 5.84. The van der Waals surface area contributed by atoms with Gasteiger partial charge in [-0.15, -0.1) is 0 Å². The maximum absolute atomic E-state index is 10.9. The maximum Gasteiger partial charge on any atom is 0.149 e. The molecule has 1 fully saturated rings. The summed E-state index contributed by atoms with van der Waals surface area (Å²) in [4.78, 5) is 10.9. The van der Waals surface area contributed by atoms with E-state index in [4.69, 9.17) is 0 Å². The average Bonchev–Trinajstić information content (AvgIpc) is 2.63. The van der Waals surface area contributed by atoms with E-state index in [0.29, 0.717) is 18.2 Å². The molecular formula is C7H13NO. The second-order valence-electron chi connectivity index (χ2n) is 2.52. The SMILES string of the molecule is CCNCC(=O)C1CC1. The van der Waals surface area contributed by atoms with Crippen LogP contribution in [0.5, 0.6) is 0 Å². The molecule has 0 aromatic rings. The lowest BCUT2D eigenvalue weighted by Crippen LogP contribution is -2.23. The third kappa shape index (κ3) is 2.14. The number of likely N-dealkylation sites (N-methyl/N-ethyl adjacent to an activating group) is 1. The van der Waals surface area contributed by atoms with Crippen molar-refractivity contribution in [1.82, 2.24) is 5.32 Å². The van der Waals surface area contributed by atoms with Gasteiger partial charge in [-0.1, -0.05) is 6.92 Å². The van der Waals surface area contributed by atoms with Crippen molar-refractivity contribution >= 4 is 5.78 Å². The molecule has 52 valence electrons. The van der Waals surface area contributed by atoms with Crippen LogP contribution < -0.4 is 5.32 Å². The molecule has 0 aromatic heterocycles. The van der Waals surface area contributed by atoms with E-state index < -0.39 is 0 Å². The van der Waals surface area contributed by atoms with Gasteiger partial charge in [0.15, 0.2) is 0 Å². The van der Waals surface area contributed by atoms with Crippen molar-refractivity contribution in [2.24, 2.45) is 5.92 Å². The molecule has 9 heavy (non-hydrogen) atoms. The zero-order valence-corrected chi connectivity index (χ0v) is 5.81. The van der Waals surface area contributed by atoms with Crippen molar-refractivity contribution in [3.8, 4) is 0 Å². The summed E-state index contributed by atoms with van der Waals surface area (Å²) in [5, 5.41) is 3.02. The standard InChI is InChI=1S/C7H13NO/c1-2-8-5-7(9)6-3-4-6/h6,8H,2-5H2,1H3. The number of rotatable bonds is 4. The zero-order valence-electron chi connectivity index (χ0n) is 5.81. The molecule has 1 aliphatic carbocycles. The fraction of sp³-hybridized carbons (Fsp3) is 0.857. The van der Waals surface area contributed by atoms with E-state index in [0.717, 1.165) is 19.4 Å². The lowest BCUT2D eigenvalue weighted by Gasteiger charge is -1.96. The minimum Gasteiger partial charge on any atom is -0.310 e. The van der Waals surface area contributed by atoms with Crippen LogP contribution in [0.1, 0.15) is 19.8 Å². The van der Waals surface area contributed by atoms with Crippen LogP contribution in [0, 0.1) is 5.92 Å². The Hall–Kier alpha value is -0.370. The Labute approximate surface area is 55.6 Å². The van der Waals surface area contributed by atoms with Gasteiger partial charge in [0.1, 0.15) is 5.78 Å². The van der Waals surface area contributed by atoms with E-state index in [1.54, 1.807) is 0 Å². The minimum absolute atomic E-state index is 0.400. The van der Waals surface area contributed by atoms with Gasteiger partial charge in [-0.2, -0.15) is 0 Å². The molecule has 0 bridgehead atoms. The number of Topliss-reactive ketones (excluding diaryl/α,β-unsaturated/α-hetero) is 1. The topological polar surface area (TPSA) is 29.1 Å². The molecule has 0 aromatic carbocycles. The molecule has 2 heteroatoms. The molecule has 0 unspecified atom stereocenters. The van der Waals surface area contributed by atoms with Crippen molar-refractivity contribution in [3.05, 3.63) is 0 Å². The molecule has 0 spiro atoms.